The van der Waals surface area contributed by atoms with Crippen molar-refractivity contribution in [1.82, 2.24) is 10.2 Å². The van der Waals surface area contributed by atoms with Crippen molar-refractivity contribution < 1.29 is 19.0 Å². The Morgan fingerprint density at radius 2 is 1.84 bits per heavy atom. The van der Waals surface area contributed by atoms with E-state index in [4.69, 9.17) is 14.2 Å². The molecule has 0 spiro atoms. The second-order valence-corrected chi connectivity index (χ2v) is 7.72. The molecule has 31 heavy (non-hydrogen) atoms. The molecule has 1 heterocycles. The standard InChI is InChI=1S/C25H32N2O4/c1-29-22-14-21(15-23(16-22)30-2)25(28)26-17-19-8-6-12-27(18-19)13-7-10-20-9-4-5-11-24(20)31-3/h4-5,7,9-11,14-16,19H,6,8,12-13,17-18H2,1-3H3,(H,26,28)/b10-7+/t19-/m1/s1. The molecule has 1 saturated heterocycles. The van der Waals surface area contributed by atoms with Crippen LogP contribution in [-0.4, -0.2) is 58.3 Å². The summed E-state index contributed by atoms with van der Waals surface area (Å²) in [6, 6.07) is 13.2. The summed E-state index contributed by atoms with van der Waals surface area (Å²) in [4.78, 5) is 15.1. The van der Waals surface area contributed by atoms with Gasteiger partial charge in [0.05, 0.1) is 21.3 Å². The predicted molar refractivity (Wildman–Crippen MR) is 123 cm³/mol. The highest BCUT2D eigenvalue weighted by molar-refractivity contribution is 5.95. The number of benzene rings is 2. The molecule has 0 aromatic heterocycles. The minimum atomic E-state index is -0.106. The first kappa shape index (κ1) is 22.7. The Labute approximate surface area is 184 Å². The third-order valence-corrected chi connectivity index (χ3v) is 5.57. The van der Waals surface area contributed by atoms with E-state index in [0.29, 0.717) is 29.5 Å². The van der Waals surface area contributed by atoms with Crippen LogP contribution in [0.1, 0.15) is 28.8 Å². The number of carbonyl (C=O) groups is 1. The maximum absolute atomic E-state index is 12.6. The van der Waals surface area contributed by atoms with Gasteiger partial charge in [-0.3, -0.25) is 9.69 Å². The molecule has 1 fully saturated rings. The maximum atomic E-state index is 12.6. The SMILES string of the molecule is COc1cc(OC)cc(C(=O)NC[C@H]2CCCN(C/C=C/c3ccccc3OC)C2)c1. The van der Waals surface area contributed by atoms with Crippen LogP contribution >= 0.6 is 0 Å². The quantitative estimate of drug-likeness (QED) is 0.662. The maximum Gasteiger partial charge on any atom is 0.251 e. The first-order valence-electron chi connectivity index (χ1n) is 10.7. The monoisotopic (exact) mass is 424 g/mol. The van der Waals surface area contributed by atoms with Crippen LogP contribution in [0.25, 0.3) is 6.08 Å². The summed E-state index contributed by atoms with van der Waals surface area (Å²) in [7, 11) is 4.85. The molecule has 0 aliphatic carbocycles. The molecule has 0 saturated carbocycles. The van der Waals surface area contributed by atoms with Crippen LogP contribution in [0, 0.1) is 5.92 Å². The highest BCUT2D eigenvalue weighted by Gasteiger charge is 2.20. The lowest BCUT2D eigenvalue weighted by atomic mass is 9.97. The number of amides is 1. The highest BCUT2D eigenvalue weighted by Crippen LogP contribution is 2.23. The van der Waals surface area contributed by atoms with Crippen LogP contribution in [-0.2, 0) is 0 Å². The van der Waals surface area contributed by atoms with Crippen LogP contribution in [0.3, 0.4) is 0 Å². The third kappa shape index (κ3) is 6.49. The Balaban J connectivity index is 1.51. The van der Waals surface area contributed by atoms with E-state index in [9.17, 15) is 4.79 Å². The summed E-state index contributed by atoms with van der Waals surface area (Å²) in [6.07, 6.45) is 6.55. The smallest absolute Gasteiger partial charge is 0.251 e. The molecule has 1 amide bonds. The van der Waals surface area contributed by atoms with E-state index in [1.807, 2.05) is 18.2 Å². The van der Waals surface area contributed by atoms with Gasteiger partial charge in [-0.25, -0.2) is 0 Å². The number of piperidine rings is 1. The molecule has 1 atom stereocenters. The molecule has 0 radical (unpaired) electrons. The molecule has 0 unspecified atom stereocenters. The average molecular weight is 425 g/mol. The Kier molecular flexibility index (Phi) is 8.35. The molecular weight excluding hydrogens is 392 g/mol. The van der Waals surface area contributed by atoms with Gasteiger partial charge in [-0.1, -0.05) is 30.4 Å². The fourth-order valence-corrected chi connectivity index (χ4v) is 3.89. The third-order valence-electron chi connectivity index (χ3n) is 5.57. The van der Waals surface area contributed by atoms with Crippen molar-refractivity contribution in [3.63, 3.8) is 0 Å². The second-order valence-electron chi connectivity index (χ2n) is 7.72. The summed E-state index contributed by atoms with van der Waals surface area (Å²) in [5.74, 6) is 2.42. The van der Waals surface area contributed by atoms with Crippen molar-refractivity contribution >= 4 is 12.0 Å². The minimum Gasteiger partial charge on any atom is -0.497 e. The van der Waals surface area contributed by atoms with Crippen molar-refractivity contribution in [3.8, 4) is 17.2 Å². The molecule has 1 aliphatic heterocycles. The van der Waals surface area contributed by atoms with Crippen LogP contribution in [0.2, 0.25) is 0 Å². The van der Waals surface area contributed by atoms with E-state index < -0.39 is 0 Å². The summed E-state index contributed by atoms with van der Waals surface area (Å²) < 4.78 is 15.9. The van der Waals surface area contributed by atoms with E-state index in [0.717, 1.165) is 43.8 Å². The van der Waals surface area contributed by atoms with Gasteiger partial charge in [-0.05, 0) is 43.5 Å². The van der Waals surface area contributed by atoms with Crippen molar-refractivity contribution in [1.29, 1.82) is 0 Å². The molecule has 1 N–H and O–H groups in total. The van der Waals surface area contributed by atoms with Gasteiger partial charge in [-0.2, -0.15) is 0 Å². The van der Waals surface area contributed by atoms with E-state index in [2.05, 4.69) is 28.4 Å². The molecule has 2 aromatic rings. The largest absolute Gasteiger partial charge is 0.497 e. The fraction of sp³-hybridized carbons (Fsp3) is 0.400. The number of nitrogens with zero attached hydrogens (tertiary/aromatic N) is 1. The van der Waals surface area contributed by atoms with Gasteiger partial charge in [0, 0.05) is 36.8 Å². The number of hydrogen-bond donors (Lipinski definition) is 1. The molecule has 0 bridgehead atoms. The normalized spacial score (nSPS) is 16.8. The molecule has 2 aromatic carbocycles. The lowest BCUT2D eigenvalue weighted by molar-refractivity contribution is 0.0934. The topological polar surface area (TPSA) is 60.0 Å². The van der Waals surface area contributed by atoms with E-state index in [1.165, 1.54) is 0 Å². The van der Waals surface area contributed by atoms with Gasteiger partial charge in [0.2, 0.25) is 0 Å². The summed E-state index contributed by atoms with van der Waals surface area (Å²) in [5.41, 5.74) is 1.63. The number of nitrogens with one attached hydrogen (secondary N) is 1. The zero-order chi connectivity index (χ0) is 22.1. The summed E-state index contributed by atoms with van der Waals surface area (Å²) >= 11 is 0. The van der Waals surface area contributed by atoms with Gasteiger partial charge in [0.15, 0.2) is 0 Å². The number of ether oxygens (including phenoxy) is 3. The zero-order valence-corrected chi connectivity index (χ0v) is 18.6. The number of para-hydroxylation sites is 1. The Morgan fingerprint density at radius 1 is 1.10 bits per heavy atom. The number of carbonyl (C=O) groups excluding carboxylic acids is 1. The van der Waals surface area contributed by atoms with Gasteiger partial charge in [-0.15, -0.1) is 0 Å². The van der Waals surface area contributed by atoms with E-state index >= 15 is 0 Å². The number of methoxy groups -OCH3 is 3. The molecule has 6 nitrogen and oxygen atoms in total. The first-order chi connectivity index (χ1) is 15.1. The van der Waals surface area contributed by atoms with E-state index in [1.54, 1.807) is 39.5 Å². The second kappa shape index (κ2) is 11.4. The number of rotatable bonds is 9. The van der Waals surface area contributed by atoms with Crippen LogP contribution in [0.15, 0.2) is 48.5 Å². The van der Waals surface area contributed by atoms with E-state index in [-0.39, 0.29) is 5.91 Å². The van der Waals surface area contributed by atoms with Crippen LogP contribution in [0.5, 0.6) is 17.2 Å². The highest BCUT2D eigenvalue weighted by atomic mass is 16.5. The molecule has 3 rings (SSSR count). The fourth-order valence-electron chi connectivity index (χ4n) is 3.89. The summed E-state index contributed by atoms with van der Waals surface area (Å²) in [5, 5.41) is 3.08. The van der Waals surface area contributed by atoms with Crippen LogP contribution < -0.4 is 19.5 Å². The molecular formula is C25H32N2O4. The lowest BCUT2D eigenvalue weighted by Gasteiger charge is -2.32. The van der Waals surface area contributed by atoms with Gasteiger partial charge in [0.1, 0.15) is 17.2 Å². The molecule has 6 heteroatoms. The Morgan fingerprint density at radius 3 is 2.55 bits per heavy atom. The summed E-state index contributed by atoms with van der Waals surface area (Å²) in [6.45, 7) is 3.59. The Bertz CT molecular complexity index is 875. The van der Waals surface area contributed by atoms with Crippen molar-refractivity contribution in [2.24, 2.45) is 5.92 Å². The first-order valence-corrected chi connectivity index (χ1v) is 10.7. The minimum absolute atomic E-state index is 0.106. The average Bonchev–Trinajstić information content (AvgIpc) is 2.82. The molecule has 1 aliphatic rings. The predicted octanol–water partition coefficient (Wildman–Crippen LogP) is 3.87. The molecule has 166 valence electrons. The lowest BCUT2D eigenvalue weighted by Crippen LogP contribution is -2.40. The van der Waals surface area contributed by atoms with Gasteiger partial charge >= 0.3 is 0 Å². The zero-order valence-electron chi connectivity index (χ0n) is 18.6. The number of likely N-dealkylation sites (tertiary alicyclic amines) is 1. The van der Waals surface area contributed by atoms with Crippen molar-refractivity contribution in [2.45, 2.75) is 12.8 Å². The van der Waals surface area contributed by atoms with Gasteiger partial charge in [0.25, 0.3) is 5.91 Å². The van der Waals surface area contributed by atoms with Gasteiger partial charge < -0.3 is 19.5 Å². The van der Waals surface area contributed by atoms with Crippen molar-refractivity contribution in [3.05, 3.63) is 59.7 Å². The number of hydrogen-bond acceptors (Lipinski definition) is 5. The van der Waals surface area contributed by atoms with Crippen LogP contribution in [0.4, 0.5) is 0 Å². The van der Waals surface area contributed by atoms with Crippen molar-refractivity contribution in [2.75, 3.05) is 47.5 Å². The Hall–Kier alpha value is -2.99.